The van der Waals surface area contributed by atoms with Crippen LogP contribution >= 0.6 is 0 Å². The molecule has 12 rings (SSSR count). The Bertz CT molecular complexity index is 3520. The van der Waals surface area contributed by atoms with E-state index in [1.807, 2.05) is 12.1 Å². The lowest BCUT2D eigenvalue weighted by atomic mass is 9.96. The van der Waals surface area contributed by atoms with Crippen molar-refractivity contribution in [2.45, 2.75) is 0 Å². The highest BCUT2D eigenvalue weighted by Gasteiger charge is 2.17. The van der Waals surface area contributed by atoms with Crippen LogP contribution in [0.4, 0.5) is 17.1 Å². The van der Waals surface area contributed by atoms with Gasteiger partial charge in [-0.05, 0) is 123 Å². The molecule has 3 heteroatoms. The van der Waals surface area contributed by atoms with Crippen LogP contribution in [0.2, 0.25) is 0 Å². The van der Waals surface area contributed by atoms with Crippen molar-refractivity contribution in [2.24, 2.45) is 0 Å². The summed E-state index contributed by atoms with van der Waals surface area (Å²) in [6.07, 6.45) is 0. The maximum Gasteiger partial charge on any atom is 0.136 e. The first-order valence-corrected chi connectivity index (χ1v) is 20.8. The van der Waals surface area contributed by atoms with Crippen LogP contribution in [0.3, 0.4) is 0 Å². The third-order valence-corrected chi connectivity index (χ3v) is 12.2. The molecule has 0 bridgehead atoms. The van der Waals surface area contributed by atoms with Crippen molar-refractivity contribution in [3.8, 4) is 39.1 Å². The van der Waals surface area contributed by atoms with E-state index in [1.165, 1.54) is 54.8 Å². The van der Waals surface area contributed by atoms with Gasteiger partial charge in [0.1, 0.15) is 11.2 Å². The molecule has 2 heterocycles. The molecule has 0 aliphatic rings. The molecule has 61 heavy (non-hydrogen) atoms. The molecule has 286 valence electrons. The molecule has 0 aliphatic heterocycles. The highest BCUT2D eigenvalue weighted by molar-refractivity contribution is 6.12. The van der Waals surface area contributed by atoms with Crippen LogP contribution in [0.1, 0.15) is 0 Å². The lowest BCUT2D eigenvalue weighted by Gasteiger charge is -2.26. The molecule has 10 aromatic carbocycles. The van der Waals surface area contributed by atoms with Gasteiger partial charge in [-0.2, -0.15) is 0 Å². The number of aromatic nitrogens is 1. The van der Waals surface area contributed by atoms with E-state index in [0.717, 1.165) is 55.8 Å². The Balaban J connectivity index is 0.885. The maximum atomic E-state index is 6.23. The second-order valence-electron chi connectivity index (χ2n) is 15.7. The number of hydrogen-bond acceptors (Lipinski definition) is 2. The molecular weight excluding hydrogens is 741 g/mol. The Morgan fingerprint density at radius 1 is 0.328 bits per heavy atom. The molecule has 2 aromatic heterocycles. The van der Waals surface area contributed by atoms with Crippen molar-refractivity contribution >= 4 is 71.6 Å². The fraction of sp³-hybridized carbons (Fsp3) is 0. The second-order valence-corrected chi connectivity index (χ2v) is 15.7. The van der Waals surface area contributed by atoms with Crippen molar-refractivity contribution in [2.75, 3.05) is 4.90 Å². The van der Waals surface area contributed by atoms with Gasteiger partial charge < -0.3 is 13.9 Å². The van der Waals surface area contributed by atoms with Crippen LogP contribution in [0.5, 0.6) is 0 Å². The highest BCUT2D eigenvalue weighted by Crippen LogP contribution is 2.41. The Labute approximate surface area is 353 Å². The van der Waals surface area contributed by atoms with Gasteiger partial charge in [0.15, 0.2) is 0 Å². The summed E-state index contributed by atoms with van der Waals surface area (Å²) in [6, 6.07) is 82.9. The Morgan fingerprint density at radius 2 is 0.852 bits per heavy atom. The van der Waals surface area contributed by atoms with Gasteiger partial charge in [0.2, 0.25) is 0 Å². The fourth-order valence-corrected chi connectivity index (χ4v) is 9.25. The van der Waals surface area contributed by atoms with Crippen molar-refractivity contribution in [1.82, 2.24) is 4.57 Å². The van der Waals surface area contributed by atoms with Crippen molar-refractivity contribution in [3.63, 3.8) is 0 Å². The standard InChI is InChI=1S/C58H38N2O/c1-2-12-44-38-49(36-29-39(44)11-1)59(46-30-23-40(24-31-46)41-25-34-48(35-26-41)60-54-19-6-3-15-51(54)52-16-4-7-20-55(52)60)47-32-27-42(28-33-47)43-13-9-14-45(37-43)50-18-10-22-57-58(50)53-17-5-8-21-56(53)61-57/h1-38H. The molecule has 0 saturated carbocycles. The average Bonchev–Trinajstić information content (AvgIpc) is 3.88. The van der Waals surface area contributed by atoms with Gasteiger partial charge in [-0.15, -0.1) is 0 Å². The lowest BCUT2D eigenvalue weighted by Crippen LogP contribution is -2.09. The molecule has 0 atom stereocenters. The van der Waals surface area contributed by atoms with E-state index >= 15 is 0 Å². The van der Waals surface area contributed by atoms with Gasteiger partial charge in [-0.25, -0.2) is 0 Å². The van der Waals surface area contributed by atoms with E-state index in [0.29, 0.717) is 0 Å². The van der Waals surface area contributed by atoms with Gasteiger partial charge in [-0.3, -0.25) is 0 Å². The van der Waals surface area contributed by atoms with E-state index in [-0.39, 0.29) is 0 Å². The van der Waals surface area contributed by atoms with Crippen molar-refractivity contribution in [1.29, 1.82) is 0 Å². The van der Waals surface area contributed by atoms with Gasteiger partial charge in [0, 0.05) is 44.3 Å². The van der Waals surface area contributed by atoms with Crippen LogP contribution in [0, 0.1) is 0 Å². The number of hydrogen-bond donors (Lipinski definition) is 0. The number of nitrogens with zero attached hydrogens (tertiary/aromatic N) is 2. The minimum atomic E-state index is 0.906. The summed E-state index contributed by atoms with van der Waals surface area (Å²) >= 11 is 0. The molecule has 3 nitrogen and oxygen atoms in total. The van der Waals surface area contributed by atoms with E-state index in [4.69, 9.17) is 4.42 Å². The predicted molar refractivity (Wildman–Crippen MR) is 257 cm³/mol. The minimum Gasteiger partial charge on any atom is -0.456 e. The predicted octanol–water partition coefficient (Wildman–Crippen LogP) is 16.3. The van der Waals surface area contributed by atoms with E-state index < -0.39 is 0 Å². The quantitative estimate of drug-likeness (QED) is 0.161. The Hall–Kier alpha value is -8.14. The van der Waals surface area contributed by atoms with E-state index in [1.54, 1.807) is 0 Å². The van der Waals surface area contributed by atoms with Crippen molar-refractivity contribution < 1.29 is 4.42 Å². The number of anilines is 3. The summed E-state index contributed by atoms with van der Waals surface area (Å²) < 4.78 is 8.59. The number of rotatable bonds is 7. The zero-order valence-electron chi connectivity index (χ0n) is 33.2. The van der Waals surface area contributed by atoms with E-state index in [2.05, 4.69) is 228 Å². The van der Waals surface area contributed by atoms with E-state index in [9.17, 15) is 0 Å². The van der Waals surface area contributed by atoms with Crippen LogP contribution in [0.25, 0.3) is 93.6 Å². The van der Waals surface area contributed by atoms with Crippen LogP contribution in [0.15, 0.2) is 235 Å². The maximum absolute atomic E-state index is 6.23. The van der Waals surface area contributed by atoms with Gasteiger partial charge in [0.05, 0.1) is 11.0 Å². The first kappa shape index (κ1) is 34.9. The molecule has 0 radical (unpaired) electrons. The van der Waals surface area contributed by atoms with Gasteiger partial charge in [-0.1, -0.05) is 152 Å². The highest BCUT2D eigenvalue weighted by atomic mass is 16.3. The number of furan rings is 1. The molecule has 0 amide bonds. The third kappa shape index (κ3) is 5.98. The lowest BCUT2D eigenvalue weighted by molar-refractivity contribution is 0.669. The zero-order chi connectivity index (χ0) is 40.3. The molecule has 12 aromatic rings. The Morgan fingerprint density at radius 3 is 1.56 bits per heavy atom. The zero-order valence-corrected chi connectivity index (χ0v) is 33.2. The summed E-state index contributed by atoms with van der Waals surface area (Å²) in [7, 11) is 0. The minimum absolute atomic E-state index is 0.906. The monoisotopic (exact) mass is 778 g/mol. The summed E-state index contributed by atoms with van der Waals surface area (Å²) in [5.41, 5.74) is 15.7. The Kier molecular flexibility index (Phi) is 8.17. The first-order chi connectivity index (χ1) is 30.2. The normalized spacial score (nSPS) is 11.6. The molecular formula is C58H38N2O. The smallest absolute Gasteiger partial charge is 0.136 e. The SMILES string of the molecule is c1cc(-c2ccc(N(c3ccc(-c4ccc(-n5c6ccccc6c6ccccc65)cc4)cc3)c3ccc4ccccc4c3)cc2)cc(-c2cccc3oc4ccccc4c23)c1. The number of benzene rings is 10. The molecule has 0 N–H and O–H groups in total. The summed E-state index contributed by atoms with van der Waals surface area (Å²) in [5, 5.41) is 7.26. The van der Waals surface area contributed by atoms with Gasteiger partial charge in [0.25, 0.3) is 0 Å². The molecule has 0 unspecified atom stereocenters. The van der Waals surface area contributed by atoms with Crippen LogP contribution < -0.4 is 4.90 Å². The molecule has 0 aliphatic carbocycles. The number of para-hydroxylation sites is 3. The summed E-state index contributed by atoms with van der Waals surface area (Å²) in [6.45, 7) is 0. The largest absolute Gasteiger partial charge is 0.456 e. The van der Waals surface area contributed by atoms with Gasteiger partial charge >= 0.3 is 0 Å². The van der Waals surface area contributed by atoms with Crippen molar-refractivity contribution in [3.05, 3.63) is 231 Å². The summed E-state index contributed by atoms with van der Waals surface area (Å²) in [5.74, 6) is 0. The number of fused-ring (bicyclic) bond motifs is 7. The molecule has 0 spiro atoms. The topological polar surface area (TPSA) is 21.3 Å². The average molecular weight is 779 g/mol. The van der Waals surface area contributed by atoms with Crippen LogP contribution in [-0.2, 0) is 0 Å². The second kappa shape index (κ2) is 14.3. The fourth-order valence-electron chi connectivity index (χ4n) is 9.25. The molecule has 0 fully saturated rings. The third-order valence-electron chi connectivity index (χ3n) is 12.2. The molecule has 0 saturated heterocycles. The summed E-state index contributed by atoms with van der Waals surface area (Å²) in [4.78, 5) is 2.35. The first-order valence-electron chi connectivity index (χ1n) is 20.8. The van der Waals surface area contributed by atoms with Crippen LogP contribution in [-0.4, -0.2) is 4.57 Å².